The van der Waals surface area contributed by atoms with Gasteiger partial charge in [0.05, 0.1) is 17.8 Å². The third kappa shape index (κ3) is 5.04. The molecule has 0 saturated carbocycles. The van der Waals surface area contributed by atoms with Gasteiger partial charge in [-0.05, 0) is 55.3 Å². The predicted octanol–water partition coefficient (Wildman–Crippen LogP) is 5.08. The Hall–Kier alpha value is -4.30. The van der Waals surface area contributed by atoms with Gasteiger partial charge in [0, 0.05) is 18.2 Å². The normalized spacial score (nSPS) is 13.1. The van der Waals surface area contributed by atoms with Crippen molar-refractivity contribution in [2.24, 2.45) is 0 Å². The van der Waals surface area contributed by atoms with Gasteiger partial charge >= 0.3 is 5.92 Å². The molecule has 36 heavy (non-hydrogen) atoms. The molecule has 0 saturated heterocycles. The van der Waals surface area contributed by atoms with Gasteiger partial charge in [-0.25, -0.2) is 13.8 Å². The van der Waals surface area contributed by atoms with Crippen LogP contribution in [0, 0.1) is 23.0 Å². The monoisotopic (exact) mass is 497 g/mol. The van der Waals surface area contributed by atoms with E-state index in [1.165, 1.54) is 47.7 Å². The fourth-order valence-corrected chi connectivity index (χ4v) is 3.70. The lowest BCUT2D eigenvalue weighted by Gasteiger charge is -2.36. The molecule has 2 aromatic heterocycles. The Kier molecular flexibility index (Phi) is 6.98. The van der Waals surface area contributed by atoms with Crippen molar-refractivity contribution in [2.75, 3.05) is 0 Å². The van der Waals surface area contributed by atoms with Crippen LogP contribution in [0.1, 0.15) is 29.7 Å². The molecule has 1 N–H and O–H groups in total. The number of alkyl halides is 2. The zero-order valence-electron chi connectivity index (χ0n) is 18.7. The predicted molar refractivity (Wildman–Crippen MR) is 119 cm³/mol. The molecule has 7 nitrogen and oxygen atoms in total. The van der Waals surface area contributed by atoms with Gasteiger partial charge in [-0.3, -0.25) is 9.67 Å². The molecule has 0 aliphatic heterocycles. The second-order valence-corrected chi connectivity index (χ2v) is 7.94. The summed E-state index contributed by atoms with van der Waals surface area (Å²) in [7, 11) is 0. The fourth-order valence-electron chi connectivity index (χ4n) is 3.70. The van der Waals surface area contributed by atoms with Crippen LogP contribution in [0.4, 0.5) is 17.6 Å². The molecule has 0 radical (unpaired) electrons. The van der Waals surface area contributed by atoms with E-state index in [0.29, 0.717) is 17.4 Å². The number of nitrogens with zero attached hydrogens (tertiary/aromatic N) is 5. The molecule has 0 aliphatic rings. The van der Waals surface area contributed by atoms with E-state index in [1.807, 2.05) is 6.07 Å². The molecule has 0 spiro atoms. The highest BCUT2D eigenvalue weighted by Crippen LogP contribution is 2.48. The SMILES string of the molecule is N#Cc1ccc(Oc2ccc(C(F)(F)C(O)(CCCn3cncn3)c3ccc(F)cc3F)nc2)cc1. The van der Waals surface area contributed by atoms with Crippen molar-refractivity contribution < 1.29 is 27.4 Å². The summed E-state index contributed by atoms with van der Waals surface area (Å²) in [6.45, 7) is 0.131. The number of aliphatic hydroxyl groups is 1. The van der Waals surface area contributed by atoms with Crippen LogP contribution in [-0.4, -0.2) is 24.9 Å². The molecule has 4 rings (SSSR count). The smallest absolute Gasteiger partial charge is 0.321 e. The molecular formula is C25H19F4N5O2. The number of halogens is 4. The number of aryl methyl sites for hydroxylation is 1. The third-order valence-electron chi connectivity index (χ3n) is 5.57. The average molecular weight is 497 g/mol. The maximum Gasteiger partial charge on any atom is 0.321 e. The Labute approximate surface area is 203 Å². The van der Waals surface area contributed by atoms with E-state index in [1.54, 1.807) is 0 Å². The summed E-state index contributed by atoms with van der Waals surface area (Å²) in [5.74, 6) is -5.86. The molecule has 11 heteroatoms. The van der Waals surface area contributed by atoms with Crippen molar-refractivity contribution in [3.63, 3.8) is 0 Å². The van der Waals surface area contributed by atoms with Crippen molar-refractivity contribution >= 4 is 0 Å². The number of nitriles is 1. The van der Waals surface area contributed by atoms with Crippen LogP contribution in [-0.2, 0) is 18.1 Å². The molecule has 2 heterocycles. The van der Waals surface area contributed by atoms with E-state index in [0.717, 1.165) is 24.4 Å². The molecule has 1 atom stereocenters. The average Bonchev–Trinajstić information content (AvgIpc) is 3.38. The summed E-state index contributed by atoms with van der Waals surface area (Å²) >= 11 is 0. The van der Waals surface area contributed by atoms with E-state index in [-0.39, 0.29) is 18.7 Å². The summed E-state index contributed by atoms with van der Waals surface area (Å²) in [5, 5.41) is 24.0. The van der Waals surface area contributed by atoms with Crippen molar-refractivity contribution in [3.05, 3.63) is 102 Å². The number of hydrogen-bond donors (Lipinski definition) is 1. The lowest BCUT2D eigenvalue weighted by Crippen LogP contribution is -2.44. The van der Waals surface area contributed by atoms with Crippen LogP contribution in [0.25, 0.3) is 0 Å². The minimum Gasteiger partial charge on any atom is -0.456 e. The summed E-state index contributed by atoms with van der Waals surface area (Å²) in [4.78, 5) is 7.53. The van der Waals surface area contributed by atoms with Crippen LogP contribution >= 0.6 is 0 Å². The van der Waals surface area contributed by atoms with E-state index in [2.05, 4.69) is 15.1 Å². The Morgan fingerprint density at radius 2 is 1.78 bits per heavy atom. The number of rotatable bonds is 9. The lowest BCUT2D eigenvalue weighted by atomic mass is 9.81. The lowest BCUT2D eigenvalue weighted by molar-refractivity contribution is -0.203. The maximum atomic E-state index is 15.8. The van der Waals surface area contributed by atoms with Gasteiger partial charge in [-0.15, -0.1) is 0 Å². The Morgan fingerprint density at radius 1 is 1.03 bits per heavy atom. The largest absolute Gasteiger partial charge is 0.456 e. The number of benzene rings is 2. The molecule has 2 aromatic carbocycles. The van der Waals surface area contributed by atoms with E-state index >= 15 is 8.78 Å². The zero-order chi connectivity index (χ0) is 25.8. The van der Waals surface area contributed by atoms with Crippen molar-refractivity contribution in [1.29, 1.82) is 5.26 Å². The first-order valence-corrected chi connectivity index (χ1v) is 10.8. The van der Waals surface area contributed by atoms with Gasteiger partial charge in [0.25, 0.3) is 0 Å². The molecular weight excluding hydrogens is 478 g/mol. The van der Waals surface area contributed by atoms with Crippen molar-refractivity contribution in [3.8, 4) is 17.6 Å². The van der Waals surface area contributed by atoms with E-state index < -0.39 is 40.8 Å². The summed E-state index contributed by atoms with van der Waals surface area (Å²) in [6, 6.07) is 12.3. The number of hydrogen-bond acceptors (Lipinski definition) is 6. The summed E-state index contributed by atoms with van der Waals surface area (Å²) in [6.07, 6.45) is 3.08. The Bertz CT molecular complexity index is 1360. The number of ether oxygens (including phenoxy) is 1. The third-order valence-corrected chi connectivity index (χ3v) is 5.57. The molecule has 4 aromatic rings. The van der Waals surface area contributed by atoms with Gasteiger partial charge in [-0.2, -0.15) is 19.1 Å². The van der Waals surface area contributed by atoms with Gasteiger partial charge in [0.15, 0.2) is 5.60 Å². The standard InChI is InChI=1S/C25H19F4N5O2/c26-18-4-8-21(22(27)12-18)24(35,10-1-11-34-16-31-15-33-34)25(28,29)23-9-7-20(14-32-23)36-19-5-2-17(13-30)3-6-19/h2-9,12,14-16,35H,1,10-11H2. The fraction of sp³-hybridized carbons (Fsp3) is 0.200. The van der Waals surface area contributed by atoms with Crippen LogP contribution in [0.2, 0.25) is 0 Å². The van der Waals surface area contributed by atoms with Crippen LogP contribution in [0.5, 0.6) is 11.5 Å². The topological polar surface area (TPSA) is 96.8 Å². The Balaban J connectivity index is 1.62. The maximum absolute atomic E-state index is 15.8. The molecule has 1 unspecified atom stereocenters. The zero-order valence-corrected chi connectivity index (χ0v) is 18.7. The van der Waals surface area contributed by atoms with Crippen molar-refractivity contribution in [1.82, 2.24) is 19.7 Å². The number of pyridine rings is 1. The minimum atomic E-state index is -4.07. The van der Waals surface area contributed by atoms with Crippen molar-refractivity contribution in [2.45, 2.75) is 30.9 Å². The summed E-state index contributed by atoms with van der Waals surface area (Å²) in [5.41, 5.74) is -4.21. The van der Waals surface area contributed by atoms with Crippen LogP contribution in [0.15, 0.2) is 73.4 Å². The first-order valence-electron chi connectivity index (χ1n) is 10.8. The van der Waals surface area contributed by atoms with Crippen LogP contribution < -0.4 is 4.74 Å². The first-order chi connectivity index (χ1) is 17.2. The molecule has 0 bridgehead atoms. The number of aromatic nitrogens is 4. The van der Waals surface area contributed by atoms with Gasteiger partial charge in [0.2, 0.25) is 0 Å². The Morgan fingerprint density at radius 3 is 2.39 bits per heavy atom. The second-order valence-electron chi connectivity index (χ2n) is 7.94. The summed E-state index contributed by atoms with van der Waals surface area (Å²) < 4.78 is 66.7. The second kappa shape index (κ2) is 10.1. The first kappa shape index (κ1) is 24.8. The highest BCUT2D eigenvalue weighted by Gasteiger charge is 2.56. The van der Waals surface area contributed by atoms with E-state index in [9.17, 15) is 13.9 Å². The van der Waals surface area contributed by atoms with Gasteiger partial charge in [0.1, 0.15) is 41.5 Å². The highest BCUT2D eigenvalue weighted by atomic mass is 19.3. The highest BCUT2D eigenvalue weighted by molar-refractivity contribution is 5.38. The molecule has 0 amide bonds. The minimum absolute atomic E-state index is 0.0217. The molecule has 0 fully saturated rings. The quantitative estimate of drug-likeness (QED) is 0.324. The van der Waals surface area contributed by atoms with Crippen LogP contribution in [0.3, 0.4) is 0 Å². The molecule has 0 aliphatic carbocycles. The van der Waals surface area contributed by atoms with Gasteiger partial charge < -0.3 is 9.84 Å². The molecule has 184 valence electrons. The van der Waals surface area contributed by atoms with Gasteiger partial charge in [-0.1, -0.05) is 6.07 Å². The van der Waals surface area contributed by atoms with E-state index in [4.69, 9.17) is 10.00 Å².